The fraction of sp³-hybridized carbons (Fsp3) is 0.357. The Labute approximate surface area is 124 Å². The Morgan fingerprint density at radius 1 is 1.21 bits per heavy atom. The van der Waals surface area contributed by atoms with Gasteiger partial charge in [-0.3, -0.25) is 0 Å². The molecule has 1 saturated heterocycles. The molecule has 0 spiro atoms. The maximum atomic E-state index is 6.08. The van der Waals surface area contributed by atoms with E-state index in [2.05, 4.69) is 21.7 Å². The number of fused-ring (bicyclic) bond motifs is 1. The first kappa shape index (κ1) is 14.4. The summed E-state index contributed by atoms with van der Waals surface area (Å²) in [6.45, 7) is 2.16. The van der Waals surface area contributed by atoms with E-state index in [1.165, 1.54) is 0 Å². The van der Waals surface area contributed by atoms with Gasteiger partial charge in [0.1, 0.15) is 5.15 Å². The summed E-state index contributed by atoms with van der Waals surface area (Å²) in [4.78, 5) is 4.34. The summed E-state index contributed by atoms with van der Waals surface area (Å²) < 4.78 is 0. The van der Waals surface area contributed by atoms with Crippen LogP contribution in [0.1, 0.15) is 12.8 Å². The average molecular weight is 298 g/mol. The number of pyridine rings is 1. The molecule has 3 nitrogen and oxygen atoms in total. The molecule has 1 aromatic heterocycles. The minimum atomic E-state index is 0. The van der Waals surface area contributed by atoms with Crippen molar-refractivity contribution in [1.29, 1.82) is 0 Å². The molecule has 1 aromatic carbocycles. The van der Waals surface area contributed by atoms with Crippen molar-refractivity contribution in [2.75, 3.05) is 18.4 Å². The molecule has 0 amide bonds. The largest absolute Gasteiger partial charge is 0.382 e. The van der Waals surface area contributed by atoms with Gasteiger partial charge < -0.3 is 10.6 Å². The molecule has 1 fully saturated rings. The summed E-state index contributed by atoms with van der Waals surface area (Å²) in [6.07, 6.45) is 2.29. The van der Waals surface area contributed by atoms with Gasteiger partial charge in [-0.05, 0) is 38.1 Å². The van der Waals surface area contributed by atoms with Crippen molar-refractivity contribution in [3.8, 4) is 0 Å². The number of anilines is 1. The van der Waals surface area contributed by atoms with Crippen LogP contribution in [0.2, 0.25) is 5.15 Å². The quantitative estimate of drug-likeness (QED) is 0.834. The van der Waals surface area contributed by atoms with Crippen LogP contribution in [0.5, 0.6) is 0 Å². The van der Waals surface area contributed by atoms with E-state index >= 15 is 0 Å². The first-order valence-corrected chi connectivity index (χ1v) is 6.73. The summed E-state index contributed by atoms with van der Waals surface area (Å²) in [5, 5.41) is 8.66. The Morgan fingerprint density at radius 3 is 2.74 bits per heavy atom. The van der Waals surface area contributed by atoms with Crippen LogP contribution in [0, 0.1) is 0 Å². The van der Waals surface area contributed by atoms with Crippen molar-refractivity contribution in [1.82, 2.24) is 10.3 Å². The van der Waals surface area contributed by atoms with E-state index in [4.69, 9.17) is 11.6 Å². The Kier molecular flexibility index (Phi) is 4.86. The maximum absolute atomic E-state index is 6.08. The van der Waals surface area contributed by atoms with E-state index in [0.29, 0.717) is 11.2 Å². The van der Waals surface area contributed by atoms with Gasteiger partial charge in [-0.15, -0.1) is 12.4 Å². The van der Waals surface area contributed by atoms with Crippen LogP contribution in [-0.4, -0.2) is 24.1 Å². The van der Waals surface area contributed by atoms with Crippen LogP contribution < -0.4 is 10.6 Å². The lowest BCUT2D eigenvalue weighted by Gasteiger charge is -2.25. The SMILES string of the molecule is Cl.Clc1cc(NC2CCNCC2)c2ccccc2n1. The molecule has 3 rings (SSSR count). The van der Waals surface area contributed by atoms with Gasteiger partial charge in [0.2, 0.25) is 0 Å². The predicted molar refractivity (Wildman–Crippen MR) is 83.5 cm³/mol. The lowest BCUT2D eigenvalue weighted by Crippen LogP contribution is -2.35. The lowest BCUT2D eigenvalue weighted by molar-refractivity contribution is 0.479. The molecule has 19 heavy (non-hydrogen) atoms. The van der Waals surface area contributed by atoms with Crippen LogP contribution in [0.25, 0.3) is 10.9 Å². The standard InChI is InChI=1S/C14H16ClN3.ClH/c15-14-9-13(17-10-5-7-16-8-6-10)11-3-1-2-4-12(11)18-14;/h1-4,9-10,16H,5-8H2,(H,17,18);1H. The van der Waals surface area contributed by atoms with Gasteiger partial charge in [-0.2, -0.15) is 0 Å². The zero-order valence-electron chi connectivity index (χ0n) is 10.5. The minimum absolute atomic E-state index is 0. The molecular weight excluding hydrogens is 281 g/mol. The van der Waals surface area contributed by atoms with E-state index in [0.717, 1.165) is 42.5 Å². The third-order valence-electron chi connectivity index (χ3n) is 3.38. The van der Waals surface area contributed by atoms with Crippen LogP contribution in [0.15, 0.2) is 30.3 Å². The number of benzene rings is 1. The van der Waals surface area contributed by atoms with E-state index in [-0.39, 0.29) is 12.4 Å². The number of piperidine rings is 1. The fourth-order valence-electron chi connectivity index (χ4n) is 2.45. The van der Waals surface area contributed by atoms with Gasteiger partial charge in [-0.25, -0.2) is 4.98 Å². The Hall–Kier alpha value is -1.03. The Morgan fingerprint density at radius 2 is 1.95 bits per heavy atom. The summed E-state index contributed by atoms with van der Waals surface area (Å²) in [7, 11) is 0. The highest BCUT2D eigenvalue weighted by atomic mass is 35.5. The maximum Gasteiger partial charge on any atom is 0.131 e. The molecule has 1 aliphatic heterocycles. The van der Waals surface area contributed by atoms with E-state index in [1.54, 1.807) is 0 Å². The highest BCUT2D eigenvalue weighted by molar-refractivity contribution is 6.30. The Bertz CT molecular complexity index is 553. The molecule has 102 valence electrons. The van der Waals surface area contributed by atoms with Crippen molar-refractivity contribution in [3.63, 3.8) is 0 Å². The molecule has 0 unspecified atom stereocenters. The van der Waals surface area contributed by atoms with E-state index in [1.807, 2.05) is 24.3 Å². The predicted octanol–water partition coefficient (Wildman–Crippen LogP) is 3.47. The van der Waals surface area contributed by atoms with Crippen molar-refractivity contribution in [2.24, 2.45) is 0 Å². The van der Waals surface area contributed by atoms with Crippen LogP contribution >= 0.6 is 24.0 Å². The number of halogens is 2. The Balaban J connectivity index is 0.00000133. The summed E-state index contributed by atoms with van der Waals surface area (Å²) in [6, 6.07) is 10.5. The average Bonchev–Trinajstić information content (AvgIpc) is 2.40. The van der Waals surface area contributed by atoms with Gasteiger partial charge in [-0.1, -0.05) is 29.8 Å². The van der Waals surface area contributed by atoms with Crippen molar-refractivity contribution >= 4 is 40.6 Å². The molecule has 0 saturated carbocycles. The third kappa shape index (κ3) is 3.30. The summed E-state index contributed by atoms with van der Waals surface area (Å²) >= 11 is 6.08. The van der Waals surface area contributed by atoms with Gasteiger partial charge in [0.05, 0.1) is 5.52 Å². The second-order valence-electron chi connectivity index (χ2n) is 4.68. The highest BCUT2D eigenvalue weighted by Crippen LogP contribution is 2.26. The molecule has 1 aliphatic rings. The highest BCUT2D eigenvalue weighted by Gasteiger charge is 2.14. The number of rotatable bonds is 2. The van der Waals surface area contributed by atoms with Gasteiger partial charge >= 0.3 is 0 Å². The molecule has 2 heterocycles. The molecule has 0 bridgehead atoms. The molecule has 0 radical (unpaired) electrons. The third-order valence-corrected chi connectivity index (χ3v) is 3.58. The smallest absolute Gasteiger partial charge is 0.131 e. The number of hydrogen-bond donors (Lipinski definition) is 2. The summed E-state index contributed by atoms with van der Waals surface area (Å²) in [5.74, 6) is 0. The normalized spacial score (nSPS) is 16.1. The van der Waals surface area contributed by atoms with Crippen molar-refractivity contribution in [2.45, 2.75) is 18.9 Å². The number of nitrogens with one attached hydrogen (secondary N) is 2. The monoisotopic (exact) mass is 297 g/mol. The first-order valence-electron chi connectivity index (χ1n) is 6.35. The lowest BCUT2D eigenvalue weighted by atomic mass is 10.1. The van der Waals surface area contributed by atoms with Crippen LogP contribution in [0.3, 0.4) is 0 Å². The van der Waals surface area contributed by atoms with Crippen molar-refractivity contribution in [3.05, 3.63) is 35.5 Å². The van der Waals surface area contributed by atoms with Crippen LogP contribution in [-0.2, 0) is 0 Å². The number of para-hydroxylation sites is 1. The second-order valence-corrected chi connectivity index (χ2v) is 5.07. The van der Waals surface area contributed by atoms with Gasteiger partial charge in [0.25, 0.3) is 0 Å². The molecular formula is C14H17Cl2N3. The zero-order chi connectivity index (χ0) is 12.4. The first-order chi connectivity index (χ1) is 8.83. The molecule has 5 heteroatoms. The zero-order valence-corrected chi connectivity index (χ0v) is 12.1. The fourth-order valence-corrected chi connectivity index (χ4v) is 2.65. The summed E-state index contributed by atoms with van der Waals surface area (Å²) in [5.41, 5.74) is 2.04. The number of aromatic nitrogens is 1. The second kappa shape index (κ2) is 6.42. The molecule has 0 aliphatic carbocycles. The van der Waals surface area contributed by atoms with Crippen molar-refractivity contribution < 1.29 is 0 Å². The minimum Gasteiger partial charge on any atom is -0.382 e. The number of hydrogen-bond acceptors (Lipinski definition) is 3. The molecule has 2 N–H and O–H groups in total. The molecule has 2 aromatic rings. The van der Waals surface area contributed by atoms with Gasteiger partial charge in [0.15, 0.2) is 0 Å². The van der Waals surface area contributed by atoms with E-state index in [9.17, 15) is 0 Å². The molecule has 0 atom stereocenters. The number of nitrogens with zero attached hydrogens (tertiary/aromatic N) is 1. The van der Waals surface area contributed by atoms with Gasteiger partial charge in [0, 0.05) is 17.1 Å². The van der Waals surface area contributed by atoms with Crippen LogP contribution in [0.4, 0.5) is 5.69 Å². The topological polar surface area (TPSA) is 37.0 Å². The van der Waals surface area contributed by atoms with E-state index < -0.39 is 0 Å².